The van der Waals surface area contributed by atoms with Crippen LogP contribution >= 0.6 is 0 Å². The third-order valence-electron chi connectivity index (χ3n) is 4.52. The van der Waals surface area contributed by atoms with Gasteiger partial charge in [0.25, 0.3) is 0 Å². The summed E-state index contributed by atoms with van der Waals surface area (Å²) in [6.07, 6.45) is 15.3. The normalized spacial score (nSPS) is 12.7. The Kier molecular flexibility index (Phi) is 10.2. The highest BCUT2D eigenvalue weighted by atomic mass is 15.0. The topological polar surface area (TPSA) is 54.7 Å². The van der Waals surface area contributed by atoms with Gasteiger partial charge in [-0.15, -0.1) is 0 Å². The molecule has 0 aliphatic rings. The fourth-order valence-corrected chi connectivity index (χ4v) is 2.98. The van der Waals surface area contributed by atoms with Crippen molar-refractivity contribution in [2.24, 2.45) is 5.73 Å². The monoisotopic (exact) mass is 307 g/mol. The van der Waals surface area contributed by atoms with Crippen molar-refractivity contribution in [1.82, 2.24) is 9.97 Å². The van der Waals surface area contributed by atoms with Crippen molar-refractivity contribution in [2.45, 2.75) is 104 Å². The number of imidazole rings is 1. The van der Waals surface area contributed by atoms with Crippen molar-refractivity contribution in [3.05, 3.63) is 17.2 Å². The van der Waals surface area contributed by atoms with Gasteiger partial charge in [-0.2, -0.15) is 0 Å². The van der Waals surface area contributed by atoms with Crippen molar-refractivity contribution in [3.8, 4) is 0 Å². The number of rotatable bonds is 13. The molecular weight excluding hydrogens is 270 g/mol. The Balaban J connectivity index is 2.18. The highest BCUT2D eigenvalue weighted by Gasteiger charge is 2.13. The van der Waals surface area contributed by atoms with Crippen molar-refractivity contribution in [1.29, 1.82) is 0 Å². The predicted molar refractivity (Wildman–Crippen MR) is 96.1 cm³/mol. The minimum absolute atomic E-state index is 0.110. The van der Waals surface area contributed by atoms with E-state index in [0.29, 0.717) is 0 Å². The quantitative estimate of drug-likeness (QED) is 0.476. The van der Waals surface area contributed by atoms with Gasteiger partial charge in [0, 0.05) is 12.5 Å². The zero-order valence-corrected chi connectivity index (χ0v) is 15.1. The van der Waals surface area contributed by atoms with Crippen LogP contribution in [0.3, 0.4) is 0 Å². The van der Waals surface area contributed by atoms with Crippen LogP contribution in [0.4, 0.5) is 0 Å². The Morgan fingerprint density at radius 2 is 1.50 bits per heavy atom. The zero-order chi connectivity index (χ0) is 16.2. The minimum Gasteiger partial charge on any atom is -0.344 e. The first-order valence-electron chi connectivity index (χ1n) is 9.56. The smallest absolute Gasteiger partial charge is 0.106 e. The van der Waals surface area contributed by atoms with Crippen LogP contribution in [0.25, 0.3) is 0 Å². The summed E-state index contributed by atoms with van der Waals surface area (Å²) in [5.74, 6) is 1.14. The first kappa shape index (κ1) is 19.2. The van der Waals surface area contributed by atoms with Gasteiger partial charge in [0.15, 0.2) is 0 Å². The molecule has 0 saturated heterocycles. The van der Waals surface area contributed by atoms with Gasteiger partial charge in [-0.3, -0.25) is 0 Å². The molecule has 3 heteroatoms. The molecule has 0 amide bonds. The third-order valence-corrected chi connectivity index (χ3v) is 4.52. The molecule has 0 aliphatic carbocycles. The van der Waals surface area contributed by atoms with E-state index in [-0.39, 0.29) is 6.04 Å². The Hall–Kier alpha value is -0.830. The maximum atomic E-state index is 6.16. The molecular formula is C19H37N3. The van der Waals surface area contributed by atoms with Crippen LogP contribution in [-0.4, -0.2) is 9.97 Å². The molecule has 1 aromatic rings. The lowest BCUT2D eigenvalue weighted by Crippen LogP contribution is -2.11. The number of hydrogen-bond donors (Lipinski definition) is 2. The first-order valence-corrected chi connectivity index (χ1v) is 9.56. The van der Waals surface area contributed by atoms with E-state index < -0.39 is 0 Å². The number of H-pyrrole nitrogens is 1. The van der Waals surface area contributed by atoms with Crippen molar-refractivity contribution < 1.29 is 0 Å². The zero-order valence-electron chi connectivity index (χ0n) is 15.1. The number of aromatic amines is 1. The molecule has 0 radical (unpaired) electrons. The highest BCUT2D eigenvalue weighted by molar-refractivity contribution is 5.18. The van der Waals surface area contributed by atoms with Crippen molar-refractivity contribution in [2.75, 3.05) is 0 Å². The van der Waals surface area contributed by atoms with E-state index in [9.17, 15) is 0 Å². The van der Waals surface area contributed by atoms with Gasteiger partial charge in [0.2, 0.25) is 0 Å². The van der Waals surface area contributed by atoms with E-state index in [0.717, 1.165) is 30.8 Å². The second-order valence-electron chi connectivity index (χ2n) is 6.49. The molecule has 0 spiro atoms. The van der Waals surface area contributed by atoms with Gasteiger partial charge in [-0.25, -0.2) is 4.98 Å². The Bertz CT molecular complexity index is 384. The summed E-state index contributed by atoms with van der Waals surface area (Å²) < 4.78 is 0. The van der Waals surface area contributed by atoms with E-state index in [1.54, 1.807) is 0 Å². The lowest BCUT2D eigenvalue weighted by atomic mass is 10.1. The lowest BCUT2D eigenvalue weighted by Gasteiger charge is -2.07. The molecule has 0 fully saturated rings. The SMILES string of the molecule is CCCCCCCCCCCc1nc(CC)c(C(N)CC)[nH]1. The number of unbranched alkanes of at least 4 members (excludes halogenated alkanes) is 8. The van der Waals surface area contributed by atoms with E-state index >= 15 is 0 Å². The van der Waals surface area contributed by atoms with Gasteiger partial charge in [0.05, 0.1) is 11.4 Å². The van der Waals surface area contributed by atoms with E-state index in [1.165, 1.54) is 63.5 Å². The lowest BCUT2D eigenvalue weighted by molar-refractivity contribution is 0.562. The second kappa shape index (κ2) is 11.7. The summed E-state index contributed by atoms with van der Waals surface area (Å²) in [5.41, 5.74) is 8.49. The molecule has 1 heterocycles. The van der Waals surface area contributed by atoms with Gasteiger partial charge >= 0.3 is 0 Å². The summed E-state index contributed by atoms with van der Waals surface area (Å²) in [5, 5.41) is 0. The van der Waals surface area contributed by atoms with Crippen LogP contribution in [-0.2, 0) is 12.8 Å². The molecule has 1 rings (SSSR count). The van der Waals surface area contributed by atoms with Crippen LogP contribution in [0.15, 0.2) is 0 Å². The molecule has 0 aliphatic heterocycles. The molecule has 0 saturated carbocycles. The molecule has 0 aromatic carbocycles. The standard InChI is InChI=1S/C19H37N3/c1-4-7-8-9-10-11-12-13-14-15-18-21-17(6-3)19(22-18)16(20)5-2/h16H,4-15,20H2,1-3H3,(H,21,22). The average molecular weight is 308 g/mol. The van der Waals surface area contributed by atoms with Gasteiger partial charge in [-0.05, 0) is 19.3 Å². The summed E-state index contributed by atoms with van der Waals surface area (Å²) >= 11 is 0. The second-order valence-corrected chi connectivity index (χ2v) is 6.49. The molecule has 3 N–H and O–H groups in total. The first-order chi connectivity index (χ1) is 10.7. The number of aryl methyl sites for hydroxylation is 2. The van der Waals surface area contributed by atoms with Crippen molar-refractivity contribution in [3.63, 3.8) is 0 Å². The largest absolute Gasteiger partial charge is 0.344 e. The molecule has 1 unspecified atom stereocenters. The van der Waals surface area contributed by atoms with Crippen LogP contribution in [0.2, 0.25) is 0 Å². The average Bonchev–Trinajstić information content (AvgIpc) is 2.95. The Labute approximate surface area is 137 Å². The number of aromatic nitrogens is 2. The number of nitrogens with one attached hydrogen (secondary N) is 1. The maximum absolute atomic E-state index is 6.16. The van der Waals surface area contributed by atoms with E-state index in [1.807, 2.05) is 0 Å². The summed E-state index contributed by atoms with van der Waals surface area (Å²) in [6, 6.07) is 0.110. The van der Waals surface area contributed by atoms with Gasteiger partial charge in [0.1, 0.15) is 5.82 Å². The Morgan fingerprint density at radius 3 is 2.05 bits per heavy atom. The van der Waals surface area contributed by atoms with Crippen LogP contribution in [0.5, 0.6) is 0 Å². The molecule has 3 nitrogen and oxygen atoms in total. The van der Waals surface area contributed by atoms with Crippen LogP contribution in [0.1, 0.15) is 108 Å². The third kappa shape index (κ3) is 6.95. The van der Waals surface area contributed by atoms with E-state index in [4.69, 9.17) is 10.7 Å². The fraction of sp³-hybridized carbons (Fsp3) is 0.842. The number of hydrogen-bond acceptors (Lipinski definition) is 2. The maximum Gasteiger partial charge on any atom is 0.106 e. The number of nitrogens with zero attached hydrogens (tertiary/aromatic N) is 1. The van der Waals surface area contributed by atoms with Gasteiger partial charge < -0.3 is 10.7 Å². The molecule has 1 atom stereocenters. The van der Waals surface area contributed by atoms with Crippen LogP contribution < -0.4 is 5.73 Å². The fourth-order valence-electron chi connectivity index (χ4n) is 2.98. The van der Waals surface area contributed by atoms with E-state index in [2.05, 4.69) is 25.8 Å². The van der Waals surface area contributed by atoms with Crippen LogP contribution in [0, 0.1) is 0 Å². The van der Waals surface area contributed by atoms with Crippen molar-refractivity contribution >= 4 is 0 Å². The van der Waals surface area contributed by atoms with Gasteiger partial charge in [-0.1, -0.05) is 72.1 Å². The predicted octanol–water partition coefficient (Wildman–Crippen LogP) is 5.46. The molecule has 1 aromatic heterocycles. The summed E-state index contributed by atoms with van der Waals surface area (Å²) in [6.45, 7) is 6.56. The highest BCUT2D eigenvalue weighted by Crippen LogP contribution is 2.18. The summed E-state index contributed by atoms with van der Waals surface area (Å²) in [4.78, 5) is 8.20. The molecule has 22 heavy (non-hydrogen) atoms. The molecule has 0 bridgehead atoms. The summed E-state index contributed by atoms with van der Waals surface area (Å²) in [7, 11) is 0. The minimum atomic E-state index is 0.110. The Morgan fingerprint density at radius 1 is 0.909 bits per heavy atom. The molecule has 128 valence electrons. The number of nitrogens with two attached hydrogens (primary N) is 1.